The summed E-state index contributed by atoms with van der Waals surface area (Å²) in [7, 11) is 0. The average molecular weight is 303 g/mol. The van der Waals surface area contributed by atoms with Crippen LogP contribution in [-0.2, 0) is 0 Å². The van der Waals surface area contributed by atoms with Gasteiger partial charge in [0.1, 0.15) is 10.8 Å². The van der Waals surface area contributed by atoms with Crippen molar-refractivity contribution in [1.29, 1.82) is 0 Å². The van der Waals surface area contributed by atoms with E-state index in [1.165, 1.54) is 19.3 Å². The van der Waals surface area contributed by atoms with E-state index in [0.717, 1.165) is 12.8 Å². The van der Waals surface area contributed by atoms with Gasteiger partial charge in [0.15, 0.2) is 0 Å². The van der Waals surface area contributed by atoms with Gasteiger partial charge in [0.25, 0.3) is 5.91 Å². The molecule has 0 saturated carbocycles. The van der Waals surface area contributed by atoms with E-state index in [1.807, 2.05) is 6.92 Å². The van der Waals surface area contributed by atoms with Gasteiger partial charge in [-0.15, -0.1) is 0 Å². The number of unbranched alkanes of at least 4 members (excludes halogenated alkanes) is 3. The molecule has 1 atom stereocenters. The zero-order valence-corrected chi connectivity index (χ0v) is 12.9. The zero-order valence-electron chi connectivity index (χ0n) is 11.4. The second-order valence-electron chi connectivity index (χ2n) is 4.69. The summed E-state index contributed by atoms with van der Waals surface area (Å²) in [5, 5.41) is 3.48. The smallest absolute Gasteiger partial charge is 0.271 e. The van der Waals surface area contributed by atoms with Gasteiger partial charge in [-0.3, -0.25) is 4.79 Å². The Morgan fingerprint density at radius 1 is 1.32 bits per heavy atom. The standard InChI is InChI=1S/C14H20Cl2N2O/c1-3-4-5-6-7-10(2)17-14(19)13-11(15)8-9-12(16)18-13/h8-10H,3-7H2,1-2H3,(H,17,19). The fraction of sp³-hybridized carbons (Fsp3) is 0.571. The lowest BCUT2D eigenvalue weighted by Gasteiger charge is -2.14. The summed E-state index contributed by atoms with van der Waals surface area (Å²) >= 11 is 11.7. The highest BCUT2D eigenvalue weighted by molar-refractivity contribution is 6.34. The van der Waals surface area contributed by atoms with E-state index in [2.05, 4.69) is 17.2 Å². The molecule has 19 heavy (non-hydrogen) atoms. The molecule has 0 aliphatic rings. The van der Waals surface area contributed by atoms with Crippen molar-refractivity contribution < 1.29 is 4.79 Å². The molecule has 0 fully saturated rings. The van der Waals surface area contributed by atoms with Gasteiger partial charge < -0.3 is 5.32 Å². The SMILES string of the molecule is CCCCCCC(C)NC(=O)c1nc(Cl)ccc1Cl. The maximum atomic E-state index is 12.0. The van der Waals surface area contributed by atoms with E-state index < -0.39 is 0 Å². The van der Waals surface area contributed by atoms with E-state index in [-0.39, 0.29) is 22.8 Å². The van der Waals surface area contributed by atoms with Crippen molar-refractivity contribution in [3.8, 4) is 0 Å². The second-order valence-corrected chi connectivity index (χ2v) is 5.48. The Kier molecular flexibility index (Phi) is 7.17. The molecule has 5 heteroatoms. The van der Waals surface area contributed by atoms with Crippen molar-refractivity contribution >= 4 is 29.1 Å². The highest BCUT2D eigenvalue weighted by Gasteiger charge is 2.15. The largest absolute Gasteiger partial charge is 0.348 e. The van der Waals surface area contributed by atoms with Gasteiger partial charge >= 0.3 is 0 Å². The monoisotopic (exact) mass is 302 g/mol. The maximum absolute atomic E-state index is 12.0. The van der Waals surface area contributed by atoms with E-state index in [0.29, 0.717) is 5.02 Å². The summed E-state index contributed by atoms with van der Waals surface area (Å²) in [4.78, 5) is 16.0. The number of pyridine rings is 1. The van der Waals surface area contributed by atoms with Gasteiger partial charge in [0, 0.05) is 6.04 Å². The Labute approximate surface area is 124 Å². The molecule has 0 aromatic carbocycles. The third-order valence-corrected chi connectivity index (χ3v) is 3.41. The van der Waals surface area contributed by atoms with Crippen LogP contribution in [0.25, 0.3) is 0 Å². The van der Waals surface area contributed by atoms with Gasteiger partial charge in [-0.1, -0.05) is 55.8 Å². The molecular weight excluding hydrogens is 283 g/mol. The van der Waals surface area contributed by atoms with Crippen molar-refractivity contribution in [1.82, 2.24) is 10.3 Å². The van der Waals surface area contributed by atoms with Crippen LogP contribution in [0.5, 0.6) is 0 Å². The van der Waals surface area contributed by atoms with Crippen LogP contribution < -0.4 is 5.32 Å². The fourth-order valence-corrected chi connectivity index (χ4v) is 2.16. The number of aromatic nitrogens is 1. The molecule has 1 N–H and O–H groups in total. The first-order valence-corrected chi connectivity index (χ1v) is 7.43. The summed E-state index contributed by atoms with van der Waals surface area (Å²) in [6.07, 6.45) is 5.73. The van der Waals surface area contributed by atoms with Gasteiger partial charge in [0.2, 0.25) is 0 Å². The lowest BCUT2D eigenvalue weighted by Crippen LogP contribution is -2.33. The molecule has 0 bridgehead atoms. The fourth-order valence-electron chi connectivity index (χ4n) is 1.82. The van der Waals surface area contributed by atoms with Crippen LogP contribution in [0.3, 0.4) is 0 Å². The first kappa shape index (κ1) is 16.3. The van der Waals surface area contributed by atoms with Crippen LogP contribution in [0.1, 0.15) is 56.4 Å². The van der Waals surface area contributed by atoms with Gasteiger partial charge in [0.05, 0.1) is 5.02 Å². The van der Waals surface area contributed by atoms with Crippen molar-refractivity contribution in [2.45, 2.75) is 52.0 Å². The molecule has 1 aromatic rings. The summed E-state index contributed by atoms with van der Waals surface area (Å²) < 4.78 is 0. The normalized spacial score (nSPS) is 12.2. The van der Waals surface area contributed by atoms with Crippen LogP contribution in [0.15, 0.2) is 12.1 Å². The van der Waals surface area contributed by atoms with Crippen LogP contribution in [0.2, 0.25) is 10.2 Å². The van der Waals surface area contributed by atoms with Gasteiger partial charge in [-0.05, 0) is 25.5 Å². The lowest BCUT2D eigenvalue weighted by atomic mass is 10.1. The van der Waals surface area contributed by atoms with E-state index in [9.17, 15) is 4.79 Å². The lowest BCUT2D eigenvalue weighted by molar-refractivity contribution is 0.0933. The van der Waals surface area contributed by atoms with Crippen LogP contribution in [0, 0.1) is 0 Å². The molecule has 1 unspecified atom stereocenters. The summed E-state index contributed by atoms with van der Waals surface area (Å²) in [6.45, 7) is 4.17. The first-order chi connectivity index (χ1) is 9.04. The molecule has 1 rings (SSSR count). The predicted molar refractivity (Wildman–Crippen MR) is 79.9 cm³/mol. The summed E-state index contributed by atoms with van der Waals surface area (Å²) in [6, 6.07) is 3.26. The number of amides is 1. The van der Waals surface area contributed by atoms with Crippen molar-refractivity contribution in [2.75, 3.05) is 0 Å². The van der Waals surface area contributed by atoms with Gasteiger partial charge in [-0.2, -0.15) is 0 Å². The Hall–Kier alpha value is -0.800. The highest BCUT2D eigenvalue weighted by atomic mass is 35.5. The number of hydrogen-bond donors (Lipinski definition) is 1. The first-order valence-electron chi connectivity index (χ1n) is 6.67. The Morgan fingerprint density at radius 2 is 2.05 bits per heavy atom. The topological polar surface area (TPSA) is 42.0 Å². The third-order valence-electron chi connectivity index (χ3n) is 2.90. The molecule has 106 valence electrons. The Balaban J connectivity index is 2.47. The zero-order chi connectivity index (χ0) is 14.3. The number of carbonyl (C=O) groups is 1. The minimum absolute atomic E-state index is 0.112. The van der Waals surface area contributed by atoms with Crippen molar-refractivity contribution in [3.05, 3.63) is 28.0 Å². The van der Waals surface area contributed by atoms with Gasteiger partial charge in [-0.25, -0.2) is 4.98 Å². The molecule has 0 aliphatic heterocycles. The van der Waals surface area contributed by atoms with Crippen LogP contribution >= 0.6 is 23.2 Å². The van der Waals surface area contributed by atoms with Crippen LogP contribution in [0.4, 0.5) is 0 Å². The van der Waals surface area contributed by atoms with E-state index in [1.54, 1.807) is 12.1 Å². The van der Waals surface area contributed by atoms with Crippen molar-refractivity contribution in [3.63, 3.8) is 0 Å². The van der Waals surface area contributed by atoms with Crippen molar-refractivity contribution in [2.24, 2.45) is 0 Å². The van der Waals surface area contributed by atoms with Crippen LogP contribution in [-0.4, -0.2) is 16.9 Å². The molecule has 1 amide bonds. The highest BCUT2D eigenvalue weighted by Crippen LogP contribution is 2.17. The number of nitrogens with one attached hydrogen (secondary N) is 1. The number of hydrogen-bond acceptors (Lipinski definition) is 2. The number of halogens is 2. The minimum Gasteiger partial charge on any atom is -0.348 e. The third kappa shape index (κ3) is 5.79. The molecule has 0 saturated heterocycles. The number of carbonyl (C=O) groups excluding carboxylic acids is 1. The molecule has 1 heterocycles. The molecule has 1 aromatic heterocycles. The molecule has 0 spiro atoms. The maximum Gasteiger partial charge on any atom is 0.271 e. The Bertz CT molecular complexity index is 424. The molecule has 3 nitrogen and oxygen atoms in total. The van der Waals surface area contributed by atoms with E-state index >= 15 is 0 Å². The van der Waals surface area contributed by atoms with E-state index in [4.69, 9.17) is 23.2 Å². The summed E-state index contributed by atoms with van der Waals surface area (Å²) in [5.74, 6) is -0.268. The number of nitrogens with zero attached hydrogens (tertiary/aromatic N) is 1. The second kappa shape index (κ2) is 8.39. The molecular formula is C14H20Cl2N2O. The molecule has 0 radical (unpaired) electrons. The number of rotatable bonds is 7. The Morgan fingerprint density at radius 3 is 2.74 bits per heavy atom. The summed E-state index contributed by atoms with van der Waals surface area (Å²) in [5.41, 5.74) is 0.189. The average Bonchev–Trinajstić information content (AvgIpc) is 2.37. The quantitative estimate of drug-likeness (QED) is 0.596. The predicted octanol–water partition coefficient (Wildman–Crippen LogP) is 4.48. The molecule has 0 aliphatic carbocycles. The minimum atomic E-state index is -0.268.